The molecule has 0 bridgehead atoms. The van der Waals surface area contributed by atoms with Gasteiger partial charge in [-0.3, -0.25) is 14.2 Å². The molecule has 4 aromatic rings. The van der Waals surface area contributed by atoms with Gasteiger partial charge in [0.1, 0.15) is 11.4 Å². The van der Waals surface area contributed by atoms with Gasteiger partial charge in [-0.2, -0.15) is 0 Å². The molecule has 0 aliphatic carbocycles. The van der Waals surface area contributed by atoms with Gasteiger partial charge in [0, 0.05) is 15.6 Å². The van der Waals surface area contributed by atoms with E-state index >= 15 is 0 Å². The Balaban J connectivity index is 1.77. The minimum atomic E-state index is -0.641. The van der Waals surface area contributed by atoms with E-state index in [1.165, 1.54) is 41.2 Å². The van der Waals surface area contributed by atoms with Crippen LogP contribution in [0.2, 0.25) is 5.02 Å². The Morgan fingerprint density at radius 1 is 1.09 bits per heavy atom. The molecule has 0 radical (unpaired) electrons. The first-order valence-electron chi connectivity index (χ1n) is 10.2. The third-order valence-corrected chi connectivity index (χ3v) is 6.87. The summed E-state index contributed by atoms with van der Waals surface area (Å²) in [5.41, 5.74) is 0.769. The number of hydrogen-bond acceptors (Lipinski definition) is 6. The van der Waals surface area contributed by atoms with Crippen molar-refractivity contribution < 1.29 is 14.3 Å². The predicted octanol–water partition coefficient (Wildman–Crippen LogP) is 3.91. The lowest BCUT2D eigenvalue weighted by molar-refractivity contribution is -0.116. The van der Waals surface area contributed by atoms with Gasteiger partial charge in [0.15, 0.2) is 0 Å². The van der Waals surface area contributed by atoms with Gasteiger partial charge in [-0.1, -0.05) is 17.7 Å². The number of thiophene rings is 1. The molecule has 0 saturated heterocycles. The van der Waals surface area contributed by atoms with Crippen molar-refractivity contribution in [2.75, 3.05) is 12.4 Å². The van der Waals surface area contributed by atoms with Gasteiger partial charge in [0.2, 0.25) is 5.91 Å². The fourth-order valence-corrected chi connectivity index (χ4v) is 4.92. The Labute approximate surface area is 203 Å². The fourth-order valence-electron chi connectivity index (χ4n) is 3.59. The number of methoxy groups -OCH3 is 1. The molecule has 0 fully saturated rings. The van der Waals surface area contributed by atoms with Crippen molar-refractivity contribution in [3.63, 3.8) is 0 Å². The quantitative estimate of drug-likeness (QED) is 0.421. The van der Waals surface area contributed by atoms with E-state index in [9.17, 15) is 19.2 Å². The third-order valence-electron chi connectivity index (χ3n) is 5.41. The third kappa shape index (κ3) is 4.27. The lowest BCUT2D eigenvalue weighted by Crippen LogP contribution is -2.40. The lowest BCUT2D eigenvalue weighted by atomic mass is 10.2. The largest absolute Gasteiger partial charge is 0.465 e. The number of aryl methyl sites for hydroxylation is 2. The molecule has 10 heteroatoms. The average Bonchev–Trinajstić information content (AvgIpc) is 3.11. The maximum atomic E-state index is 13.4. The Bertz CT molecular complexity index is 1550. The van der Waals surface area contributed by atoms with Crippen molar-refractivity contribution in [2.24, 2.45) is 0 Å². The molecule has 2 aromatic carbocycles. The average molecular weight is 498 g/mol. The minimum absolute atomic E-state index is 0.311. The first-order chi connectivity index (χ1) is 16.2. The van der Waals surface area contributed by atoms with Crippen molar-refractivity contribution in [1.29, 1.82) is 0 Å². The number of rotatable bonds is 5. The molecule has 0 atom stereocenters. The number of benzene rings is 2. The van der Waals surface area contributed by atoms with E-state index < -0.39 is 23.1 Å². The van der Waals surface area contributed by atoms with Gasteiger partial charge < -0.3 is 10.1 Å². The Kier molecular flexibility index (Phi) is 6.41. The maximum absolute atomic E-state index is 13.4. The number of fused-ring (bicyclic) bond motifs is 1. The van der Waals surface area contributed by atoms with Crippen LogP contribution in [0, 0.1) is 13.8 Å². The van der Waals surface area contributed by atoms with Gasteiger partial charge in [-0.15, -0.1) is 11.3 Å². The number of amides is 1. The van der Waals surface area contributed by atoms with Crippen LogP contribution in [-0.4, -0.2) is 28.1 Å². The SMILES string of the molecule is COC(=O)c1ccc(NC(=O)Cn2c(=O)n(-c3cccc(Cl)c3)c(=O)c3c(C)c(C)sc32)cc1. The molecule has 1 amide bonds. The summed E-state index contributed by atoms with van der Waals surface area (Å²) in [6.07, 6.45) is 0. The second-order valence-corrected chi connectivity index (χ2v) is 9.21. The van der Waals surface area contributed by atoms with Crippen LogP contribution in [0.4, 0.5) is 5.69 Å². The number of carbonyl (C=O) groups is 2. The van der Waals surface area contributed by atoms with E-state index in [1.807, 2.05) is 13.8 Å². The highest BCUT2D eigenvalue weighted by Crippen LogP contribution is 2.27. The van der Waals surface area contributed by atoms with Gasteiger partial charge >= 0.3 is 11.7 Å². The topological polar surface area (TPSA) is 99.4 Å². The highest BCUT2D eigenvalue weighted by Gasteiger charge is 2.21. The number of carbonyl (C=O) groups excluding carboxylic acids is 2. The second kappa shape index (κ2) is 9.28. The number of anilines is 1. The summed E-state index contributed by atoms with van der Waals surface area (Å²) in [4.78, 5) is 52.5. The summed E-state index contributed by atoms with van der Waals surface area (Å²) in [6.45, 7) is 3.37. The normalized spacial score (nSPS) is 10.9. The predicted molar refractivity (Wildman–Crippen MR) is 133 cm³/mol. The van der Waals surface area contributed by atoms with E-state index in [1.54, 1.807) is 30.3 Å². The highest BCUT2D eigenvalue weighted by molar-refractivity contribution is 7.18. The maximum Gasteiger partial charge on any atom is 0.337 e. The molecule has 2 aromatic heterocycles. The Hall–Kier alpha value is -3.69. The number of halogens is 1. The molecule has 2 heterocycles. The summed E-state index contributed by atoms with van der Waals surface area (Å²) in [6, 6.07) is 12.6. The zero-order valence-corrected chi connectivity index (χ0v) is 20.1. The zero-order chi connectivity index (χ0) is 24.6. The molecule has 0 saturated carbocycles. The van der Waals surface area contributed by atoms with Gasteiger partial charge in [-0.25, -0.2) is 14.2 Å². The molecule has 1 N–H and O–H groups in total. The molecular formula is C24H20ClN3O5S. The van der Waals surface area contributed by atoms with Crippen LogP contribution in [0.5, 0.6) is 0 Å². The van der Waals surface area contributed by atoms with Crippen LogP contribution < -0.4 is 16.6 Å². The van der Waals surface area contributed by atoms with E-state index in [2.05, 4.69) is 10.1 Å². The monoisotopic (exact) mass is 497 g/mol. The van der Waals surface area contributed by atoms with Gasteiger partial charge in [-0.05, 0) is 61.9 Å². The molecule has 174 valence electrons. The van der Waals surface area contributed by atoms with Crippen LogP contribution >= 0.6 is 22.9 Å². The summed E-state index contributed by atoms with van der Waals surface area (Å²) in [7, 11) is 1.29. The van der Waals surface area contributed by atoms with Crippen molar-refractivity contribution >= 4 is 50.7 Å². The molecule has 0 aliphatic heterocycles. The Morgan fingerprint density at radius 3 is 2.44 bits per heavy atom. The summed E-state index contributed by atoms with van der Waals surface area (Å²) >= 11 is 7.38. The van der Waals surface area contributed by atoms with Crippen LogP contribution in [0.1, 0.15) is 20.8 Å². The number of nitrogens with one attached hydrogen (secondary N) is 1. The van der Waals surface area contributed by atoms with E-state index in [0.717, 1.165) is 15.0 Å². The van der Waals surface area contributed by atoms with Crippen LogP contribution in [0.15, 0.2) is 58.1 Å². The zero-order valence-electron chi connectivity index (χ0n) is 18.5. The standard InChI is InChI=1S/C24H20ClN3O5S/c1-13-14(2)34-22-20(13)21(30)28(18-6-4-5-16(25)11-18)24(32)27(22)12-19(29)26-17-9-7-15(8-10-17)23(31)33-3/h4-11H,12H2,1-3H3,(H,26,29). The van der Waals surface area contributed by atoms with E-state index in [4.69, 9.17) is 11.6 Å². The minimum Gasteiger partial charge on any atom is -0.465 e. The fraction of sp³-hybridized carbons (Fsp3) is 0.167. The van der Waals surface area contributed by atoms with Crippen LogP contribution in [0.3, 0.4) is 0 Å². The number of aromatic nitrogens is 2. The molecular weight excluding hydrogens is 478 g/mol. The van der Waals surface area contributed by atoms with Crippen molar-refractivity contribution in [2.45, 2.75) is 20.4 Å². The molecule has 0 aliphatic rings. The molecule has 34 heavy (non-hydrogen) atoms. The number of esters is 1. The van der Waals surface area contributed by atoms with Crippen molar-refractivity contribution in [1.82, 2.24) is 9.13 Å². The summed E-state index contributed by atoms with van der Waals surface area (Å²) in [5.74, 6) is -0.951. The molecule has 4 rings (SSSR count). The lowest BCUT2D eigenvalue weighted by Gasteiger charge is -2.13. The smallest absolute Gasteiger partial charge is 0.337 e. The second-order valence-electron chi connectivity index (χ2n) is 7.57. The molecule has 0 unspecified atom stereocenters. The van der Waals surface area contributed by atoms with Crippen LogP contribution in [0.25, 0.3) is 15.9 Å². The summed E-state index contributed by atoms with van der Waals surface area (Å²) in [5, 5.41) is 3.48. The number of ether oxygens (including phenoxy) is 1. The first-order valence-corrected chi connectivity index (χ1v) is 11.4. The van der Waals surface area contributed by atoms with Gasteiger partial charge in [0.25, 0.3) is 5.56 Å². The van der Waals surface area contributed by atoms with Crippen molar-refractivity contribution in [3.05, 3.63) is 90.4 Å². The highest BCUT2D eigenvalue weighted by atomic mass is 35.5. The Morgan fingerprint density at radius 2 is 1.79 bits per heavy atom. The molecule has 8 nitrogen and oxygen atoms in total. The first kappa shape index (κ1) is 23.5. The van der Waals surface area contributed by atoms with E-state index in [0.29, 0.717) is 32.2 Å². The van der Waals surface area contributed by atoms with Crippen molar-refractivity contribution in [3.8, 4) is 5.69 Å². The van der Waals surface area contributed by atoms with Crippen LogP contribution in [-0.2, 0) is 16.1 Å². The summed E-state index contributed by atoms with van der Waals surface area (Å²) < 4.78 is 6.99. The van der Waals surface area contributed by atoms with Gasteiger partial charge in [0.05, 0.1) is 23.7 Å². The van der Waals surface area contributed by atoms with E-state index in [-0.39, 0.29) is 6.54 Å². The number of nitrogens with zero attached hydrogens (tertiary/aromatic N) is 2. The number of hydrogen-bond donors (Lipinski definition) is 1. The molecule has 0 spiro atoms.